The lowest BCUT2D eigenvalue weighted by molar-refractivity contribution is -0.143. The predicted molar refractivity (Wildman–Crippen MR) is 143 cm³/mol. The van der Waals surface area contributed by atoms with Crippen molar-refractivity contribution in [3.63, 3.8) is 0 Å². The van der Waals surface area contributed by atoms with Crippen LogP contribution in [-0.2, 0) is 23.9 Å². The molecule has 200 valence electrons. The van der Waals surface area contributed by atoms with E-state index in [9.17, 15) is 14.4 Å². The summed E-state index contributed by atoms with van der Waals surface area (Å²) >= 11 is 5.28. The number of amides is 1. The average Bonchev–Trinajstić information content (AvgIpc) is 2.91. The third kappa shape index (κ3) is 7.77. The zero-order valence-corrected chi connectivity index (χ0v) is 21.9. The van der Waals surface area contributed by atoms with Crippen molar-refractivity contribution in [1.82, 2.24) is 16.1 Å². The summed E-state index contributed by atoms with van der Waals surface area (Å²) in [6, 6.07) is 13.1. The van der Waals surface area contributed by atoms with Gasteiger partial charge in [0.1, 0.15) is 11.5 Å². The second-order valence-corrected chi connectivity index (χ2v) is 8.25. The van der Waals surface area contributed by atoms with E-state index in [-0.39, 0.29) is 19.8 Å². The molecule has 3 N–H and O–H groups in total. The molecule has 0 saturated heterocycles. The molecule has 0 radical (unpaired) electrons. The number of benzene rings is 2. The number of hydrazone groups is 1. The first-order valence-corrected chi connectivity index (χ1v) is 12.0. The summed E-state index contributed by atoms with van der Waals surface area (Å²) in [4.78, 5) is 36.1. The quantitative estimate of drug-likeness (QED) is 0.168. The van der Waals surface area contributed by atoms with Gasteiger partial charge in [0.15, 0.2) is 18.3 Å². The van der Waals surface area contributed by atoms with Crippen LogP contribution in [0.15, 0.2) is 64.9 Å². The van der Waals surface area contributed by atoms with Crippen LogP contribution in [0, 0.1) is 0 Å². The number of para-hydroxylation sites is 1. The van der Waals surface area contributed by atoms with Gasteiger partial charge in [0.2, 0.25) is 0 Å². The highest BCUT2D eigenvalue weighted by molar-refractivity contribution is 7.80. The Morgan fingerprint density at radius 2 is 1.82 bits per heavy atom. The molecule has 2 aromatic rings. The molecule has 1 atom stereocenters. The number of ether oxygens (including phenoxy) is 4. The van der Waals surface area contributed by atoms with Gasteiger partial charge in [-0.05, 0) is 62.0 Å². The molecule has 1 aliphatic rings. The number of esters is 2. The number of nitrogens with one attached hydrogen (secondary N) is 3. The maximum Gasteiger partial charge on any atom is 0.343 e. The molecule has 12 heteroatoms. The molecule has 1 amide bonds. The summed E-state index contributed by atoms with van der Waals surface area (Å²) in [5.74, 6) is -0.567. The summed E-state index contributed by atoms with van der Waals surface area (Å²) in [5.41, 5.74) is 4.66. The van der Waals surface area contributed by atoms with Crippen molar-refractivity contribution in [3.8, 4) is 11.5 Å². The molecule has 0 unspecified atom stereocenters. The number of thiocarbonyl (C=S) groups is 1. The molecule has 11 nitrogen and oxygen atoms in total. The van der Waals surface area contributed by atoms with E-state index in [2.05, 4.69) is 25.9 Å². The molecule has 0 saturated carbocycles. The molecule has 0 aromatic heterocycles. The highest BCUT2D eigenvalue weighted by Crippen LogP contribution is 2.33. The fourth-order valence-corrected chi connectivity index (χ4v) is 3.73. The predicted octanol–water partition coefficient (Wildman–Crippen LogP) is 2.12. The maximum atomic E-state index is 12.7. The number of methoxy groups -OCH3 is 1. The van der Waals surface area contributed by atoms with Gasteiger partial charge in [-0.1, -0.05) is 18.2 Å². The first-order valence-electron chi connectivity index (χ1n) is 11.6. The molecule has 0 spiro atoms. The Morgan fingerprint density at radius 3 is 2.53 bits per heavy atom. The average molecular weight is 541 g/mol. The van der Waals surface area contributed by atoms with Crippen LogP contribution in [0.25, 0.3) is 0 Å². The van der Waals surface area contributed by atoms with Gasteiger partial charge in [0, 0.05) is 11.3 Å². The minimum Gasteiger partial charge on any atom is -0.483 e. The normalized spacial score (nSPS) is 14.8. The molecule has 0 fully saturated rings. The minimum atomic E-state index is -0.625. The molecule has 38 heavy (non-hydrogen) atoms. The second kappa shape index (κ2) is 13.7. The lowest BCUT2D eigenvalue weighted by atomic mass is 9.95. The standard InChI is InChI=1S/C26H28N4O7S/c1-4-35-25(33)23-16(2)28-26(38)29-24(23)19-7-5-6-8-20(19)37-14-21(31)30-27-13-17-9-11-18(12-10-17)36-15-22(32)34-3/h5-13,24H,4,14-15H2,1-3H3,(H,30,31)(H2,28,29,38)/t24-/m0/s1. The lowest BCUT2D eigenvalue weighted by Crippen LogP contribution is -2.45. The van der Waals surface area contributed by atoms with E-state index in [0.717, 1.165) is 0 Å². The van der Waals surface area contributed by atoms with Crippen LogP contribution < -0.4 is 25.5 Å². The first-order chi connectivity index (χ1) is 18.3. The van der Waals surface area contributed by atoms with Crippen LogP contribution in [0.1, 0.15) is 31.0 Å². The van der Waals surface area contributed by atoms with Gasteiger partial charge < -0.3 is 29.6 Å². The smallest absolute Gasteiger partial charge is 0.343 e. The van der Waals surface area contributed by atoms with E-state index in [0.29, 0.717) is 39.0 Å². The van der Waals surface area contributed by atoms with Gasteiger partial charge in [0.25, 0.3) is 5.91 Å². The number of nitrogens with zero attached hydrogens (tertiary/aromatic N) is 1. The highest BCUT2D eigenvalue weighted by atomic mass is 32.1. The number of carbonyl (C=O) groups is 3. The molecule has 1 aliphatic heterocycles. The van der Waals surface area contributed by atoms with E-state index in [1.54, 1.807) is 62.4 Å². The number of hydrogen-bond donors (Lipinski definition) is 3. The SMILES string of the molecule is CCOC(=O)C1=C(C)NC(=S)N[C@H]1c1ccccc1OCC(=O)NN=Cc1ccc(OCC(=O)OC)cc1. The van der Waals surface area contributed by atoms with E-state index < -0.39 is 23.9 Å². The summed E-state index contributed by atoms with van der Waals surface area (Å²) in [6.07, 6.45) is 1.45. The van der Waals surface area contributed by atoms with Gasteiger partial charge >= 0.3 is 11.9 Å². The number of rotatable bonds is 11. The topological polar surface area (TPSA) is 137 Å². The van der Waals surface area contributed by atoms with Crippen molar-refractivity contribution >= 4 is 41.4 Å². The van der Waals surface area contributed by atoms with Crippen LogP contribution in [0.3, 0.4) is 0 Å². The molecular weight excluding hydrogens is 512 g/mol. The number of carbonyl (C=O) groups excluding carboxylic acids is 3. The van der Waals surface area contributed by atoms with Crippen LogP contribution >= 0.6 is 12.2 Å². The van der Waals surface area contributed by atoms with Crippen molar-refractivity contribution in [1.29, 1.82) is 0 Å². The second-order valence-electron chi connectivity index (χ2n) is 7.84. The van der Waals surface area contributed by atoms with Crippen molar-refractivity contribution in [2.45, 2.75) is 19.9 Å². The highest BCUT2D eigenvalue weighted by Gasteiger charge is 2.32. The van der Waals surface area contributed by atoms with Crippen LogP contribution in [0.4, 0.5) is 0 Å². The van der Waals surface area contributed by atoms with E-state index in [4.69, 9.17) is 26.4 Å². The van der Waals surface area contributed by atoms with Gasteiger partial charge in [0.05, 0.1) is 31.5 Å². The van der Waals surface area contributed by atoms with Crippen LogP contribution in [0.5, 0.6) is 11.5 Å². The summed E-state index contributed by atoms with van der Waals surface area (Å²) in [7, 11) is 1.28. The lowest BCUT2D eigenvalue weighted by Gasteiger charge is -2.30. The largest absolute Gasteiger partial charge is 0.483 e. The Morgan fingerprint density at radius 1 is 1.08 bits per heavy atom. The number of hydrogen-bond acceptors (Lipinski definition) is 9. The zero-order chi connectivity index (χ0) is 27.5. The van der Waals surface area contributed by atoms with Crippen molar-refractivity contribution in [3.05, 3.63) is 70.9 Å². The van der Waals surface area contributed by atoms with Crippen molar-refractivity contribution < 1.29 is 33.3 Å². The fraction of sp³-hybridized carbons (Fsp3) is 0.269. The van der Waals surface area contributed by atoms with E-state index in [1.807, 2.05) is 0 Å². The van der Waals surface area contributed by atoms with Crippen LogP contribution in [0.2, 0.25) is 0 Å². The number of allylic oxidation sites excluding steroid dienone is 1. The molecule has 3 rings (SSSR count). The minimum absolute atomic E-state index is 0.191. The maximum absolute atomic E-state index is 12.7. The van der Waals surface area contributed by atoms with Gasteiger partial charge in [-0.25, -0.2) is 15.0 Å². The van der Waals surface area contributed by atoms with Crippen molar-refractivity contribution in [2.24, 2.45) is 5.10 Å². The zero-order valence-electron chi connectivity index (χ0n) is 21.1. The molecule has 0 bridgehead atoms. The van der Waals surface area contributed by atoms with E-state index in [1.165, 1.54) is 13.3 Å². The Hall–Kier alpha value is -4.45. The first kappa shape index (κ1) is 28.1. The molecule has 2 aromatic carbocycles. The Bertz CT molecular complexity index is 1240. The third-order valence-corrected chi connectivity index (χ3v) is 5.44. The Balaban J connectivity index is 1.61. The fourth-order valence-electron chi connectivity index (χ4n) is 3.46. The Labute approximate surface area is 225 Å². The summed E-state index contributed by atoms with van der Waals surface area (Å²) in [5, 5.41) is 10.3. The molecule has 0 aliphatic carbocycles. The monoisotopic (exact) mass is 540 g/mol. The van der Waals surface area contributed by atoms with Gasteiger partial charge in [-0.3, -0.25) is 4.79 Å². The molecular formula is C26H28N4O7S. The summed E-state index contributed by atoms with van der Waals surface area (Å²) in [6.45, 7) is 3.18. The Kier molecular flexibility index (Phi) is 10.2. The van der Waals surface area contributed by atoms with Crippen LogP contribution in [-0.4, -0.2) is 56.1 Å². The third-order valence-electron chi connectivity index (χ3n) is 5.22. The summed E-state index contributed by atoms with van der Waals surface area (Å²) < 4.78 is 20.8. The van der Waals surface area contributed by atoms with Gasteiger partial charge in [-0.15, -0.1) is 0 Å². The van der Waals surface area contributed by atoms with Crippen molar-refractivity contribution in [2.75, 3.05) is 26.9 Å². The van der Waals surface area contributed by atoms with E-state index >= 15 is 0 Å². The van der Waals surface area contributed by atoms with Gasteiger partial charge in [-0.2, -0.15) is 5.10 Å². The molecule has 1 heterocycles.